The molecule has 0 unspecified atom stereocenters. The lowest BCUT2D eigenvalue weighted by atomic mass is 10.1. The van der Waals surface area contributed by atoms with Crippen LogP contribution in [0.5, 0.6) is 0 Å². The molecule has 0 aliphatic rings. The van der Waals surface area contributed by atoms with Gasteiger partial charge in [-0.05, 0) is 31.4 Å². The second-order valence-electron chi connectivity index (χ2n) is 4.31. The molecule has 1 rings (SSSR count). The highest BCUT2D eigenvalue weighted by Gasteiger charge is 2.10. The topological polar surface area (TPSA) is 39.1 Å². The summed E-state index contributed by atoms with van der Waals surface area (Å²) in [6.07, 6.45) is 0.647. The predicted octanol–water partition coefficient (Wildman–Crippen LogP) is 1.93. The van der Waals surface area contributed by atoms with Crippen molar-refractivity contribution in [3.05, 3.63) is 33.2 Å². The number of pyridine rings is 1. The summed E-state index contributed by atoms with van der Waals surface area (Å²) in [7, 11) is 0. The van der Waals surface area contributed by atoms with Gasteiger partial charge in [-0.15, -0.1) is 0 Å². The summed E-state index contributed by atoms with van der Waals surface area (Å²) in [5, 5.41) is 0. The van der Waals surface area contributed by atoms with Gasteiger partial charge in [-0.3, -0.25) is 9.59 Å². The van der Waals surface area contributed by atoms with Crippen molar-refractivity contribution < 1.29 is 4.79 Å². The van der Waals surface area contributed by atoms with Crippen LogP contribution in [0.3, 0.4) is 0 Å². The second-order valence-corrected chi connectivity index (χ2v) is 4.31. The van der Waals surface area contributed by atoms with E-state index < -0.39 is 0 Å². The first-order valence-corrected chi connectivity index (χ1v) is 5.13. The molecule has 0 N–H and O–H groups in total. The highest BCUT2D eigenvalue weighted by molar-refractivity contribution is 5.76. The minimum Gasteiger partial charge on any atom is -0.312 e. The van der Waals surface area contributed by atoms with Gasteiger partial charge in [-0.2, -0.15) is 0 Å². The van der Waals surface area contributed by atoms with Gasteiger partial charge in [0.1, 0.15) is 0 Å². The maximum Gasteiger partial charge on any atom is 0.261 e. The van der Waals surface area contributed by atoms with Crippen LogP contribution >= 0.6 is 0 Å². The van der Waals surface area contributed by atoms with Crippen molar-refractivity contribution in [3.8, 4) is 0 Å². The molecule has 0 amide bonds. The predicted molar refractivity (Wildman–Crippen MR) is 60.4 cm³/mol. The molecule has 3 nitrogen and oxygen atoms in total. The minimum absolute atomic E-state index is 0.170. The Labute approximate surface area is 89.7 Å². The van der Waals surface area contributed by atoms with Gasteiger partial charge in [0, 0.05) is 12.2 Å². The molecule has 0 radical (unpaired) electrons. The molecule has 0 saturated heterocycles. The molecule has 0 saturated carbocycles. The molecule has 0 aromatic carbocycles. The summed E-state index contributed by atoms with van der Waals surface area (Å²) in [6.45, 7) is 8.44. The van der Waals surface area contributed by atoms with Gasteiger partial charge in [-0.1, -0.05) is 13.8 Å². The summed E-state index contributed by atoms with van der Waals surface area (Å²) in [5.41, 5.74) is 1.78. The Morgan fingerprint density at radius 3 is 2.47 bits per heavy atom. The van der Waals surface area contributed by atoms with Crippen LogP contribution in [0.1, 0.15) is 35.5 Å². The van der Waals surface area contributed by atoms with E-state index in [1.807, 2.05) is 26.8 Å². The molecule has 0 aliphatic carbocycles. The Balaban J connectivity index is 3.39. The van der Waals surface area contributed by atoms with Crippen LogP contribution in [0.25, 0.3) is 0 Å². The van der Waals surface area contributed by atoms with E-state index in [4.69, 9.17) is 0 Å². The third-order valence-corrected chi connectivity index (χ3v) is 2.42. The first-order chi connectivity index (χ1) is 6.97. The number of aldehydes is 1. The molecule has 1 heterocycles. The first-order valence-electron chi connectivity index (χ1n) is 5.13. The zero-order valence-corrected chi connectivity index (χ0v) is 9.70. The molecular formula is C12H17NO2. The molecule has 0 aliphatic heterocycles. The van der Waals surface area contributed by atoms with Gasteiger partial charge >= 0.3 is 0 Å². The lowest BCUT2D eigenvalue weighted by Gasteiger charge is -2.14. The smallest absolute Gasteiger partial charge is 0.261 e. The molecule has 1 aromatic heterocycles. The maximum absolute atomic E-state index is 11.9. The van der Waals surface area contributed by atoms with E-state index in [0.717, 1.165) is 11.3 Å². The molecule has 3 heteroatoms. The Morgan fingerprint density at radius 2 is 2.00 bits per heavy atom. The summed E-state index contributed by atoms with van der Waals surface area (Å²) in [4.78, 5) is 22.7. The molecule has 0 bridgehead atoms. The number of rotatable bonds is 3. The van der Waals surface area contributed by atoms with Crippen LogP contribution in [0.15, 0.2) is 10.9 Å². The Hall–Kier alpha value is -1.38. The fraction of sp³-hybridized carbons (Fsp3) is 0.500. The molecule has 1 aromatic rings. The van der Waals surface area contributed by atoms with Crippen molar-refractivity contribution >= 4 is 6.29 Å². The molecule has 15 heavy (non-hydrogen) atoms. The summed E-state index contributed by atoms with van der Waals surface area (Å²) < 4.78 is 1.67. The monoisotopic (exact) mass is 207 g/mol. The number of hydrogen-bond acceptors (Lipinski definition) is 2. The van der Waals surface area contributed by atoms with Crippen LogP contribution in [-0.2, 0) is 6.54 Å². The average molecular weight is 207 g/mol. The van der Waals surface area contributed by atoms with Gasteiger partial charge in [0.2, 0.25) is 0 Å². The third-order valence-electron chi connectivity index (χ3n) is 2.42. The average Bonchev–Trinajstić information content (AvgIpc) is 2.12. The van der Waals surface area contributed by atoms with E-state index >= 15 is 0 Å². The molecule has 82 valence electrons. The van der Waals surface area contributed by atoms with E-state index in [1.54, 1.807) is 11.5 Å². The number of aromatic nitrogens is 1. The van der Waals surface area contributed by atoms with E-state index in [0.29, 0.717) is 18.7 Å². The Bertz CT molecular complexity index is 430. The van der Waals surface area contributed by atoms with E-state index in [1.165, 1.54) is 0 Å². The molecule has 0 fully saturated rings. The molecule has 0 atom stereocenters. The van der Waals surface area contributed by atoms with Crippen molar-refractivity contribution in [2.24, 2.45) is 5.92 Å². The molecular weight excluding hydrogens is 190 g/mol. The van der Waals surface area contributed by atoms with Crippen molar-refractivity contribution in [2.45, 2.75) is 34.2 Å². The van der Waals surface area contributed by atoms with Gasteiger partial charge in [0.25, 0.3) is 5.56 Å². The van der Waals surface area contributed by atoms with Gasteiger partial charge < -0.3 is 4.57 Å². The third kappa shape index (κ3) is 2.35. The van der Waals surface area contributed by atoms with Crippen molar-refractivity contribution in [3.63, 3.8) is 0 Å². The van der Waals surface area contributed by atoms with E-state index in [-0.39, 0.29) is 11.1 Å². The summed E-state index contributed by atoms with van der Waals surface area (Å²) in [6, 6.07) is 1.88. The quantitative estimate of drug-likeness (QED) is 0.710. The number of carbonyl (C=O) groups is 1. The molecule has 0 spiro atoms. The van der Waals surface area contributed by atoms with E-state index in [9.17, 15) is 9.59 Å². The highest BCUT2D eigenvalue weighted by atomic mass is 16.1. The largest absolute Gasteiger partial charge is 0.312 e. The van der Waals surface area contributed by atoms with Crippen LogP contribution < -0.4 is 5.56 Å². The van der Waals surface area contributed by atoms with Crippen LogP contribution in [0.2, 0.25) is 0 Å². The normalized spacial score (nSPS) is 10.7. The lowest BCUT2D eigenvalue weighted by molar-refractivity contribution is 0.112. The number of nitrogens with zero attached hydrogens (tertiary/aromatic N) is 1. The fourth-order valence-electron chi connectivity index (χ4n) is 1.68. The zero-order valence-electron chi connectivity index (χ0n) is 9.70. The Morgan fingerprint density at radius 1 is 1.40 bits per heavy atom. The van der Waals surface area contributed by atoms with Gasteiger partial charge in [0.05, 0.1) is 5.56 Å². The van der Waals surface area contributed by atoms with Crippen LogP contribution in [-0.4, -0.2) is 10.9 Å². The van der Waals surface area contributed by atoms with Gasteiger partial charge in [0.15, 0.2) is 6.29 Å². The lowest BCUT2D eigenvalue weighted by Crippen LogP contribution is -2.28. The minimum atomic E-state index is -0.170. The Kier molecular flexibility index (Phi) is 3.45. The van der Waals surface area contributed by atoms with Crippen molar-refractivity contribution in [2.75, 3.05) is 0 Å². The van der Waals surface area contributed by atoms with Crippen molar-refractivity contribution in [1.29, 1.82) is 0 Å². The number of hydrogen-bond donors (Lipinski definition) is 0. The number of aryl methyl sites for hydroxylation is 2. The van der Waals surface area contributed by atoms with Crippen LogP contribution in [0.4, 0.5) is 0 Å². The van der Waals surface area contributed by atoms with Gasteiger partial charge in [-0.25, -0.2) is 0 Å². The summed E-state index contributed by atoms with van der Waals surface area (Å²) in [5.74, 6) is 0.392. The zero-order chi connectivity index (χ0) is 11.6. The first kappa shape index (κ1) is 11.7. The highest BCUT2D eigenvalue weighted by Crippen LogP contribution is 2.06. The number of carbonyl (C=O) groups excluding carboxylic acids is 1. The second kappa shape index (κ2) is 4.43. The van der Waals surface area contributed by atoms with Crippen LogP contribution in [0, 0.1) is 19.8 Å². The van der Waals surface area contributed by atoms with Crippen molar-refractivity contribution in [1.82, 2.24) is 4.57 Å². The SMILES string of the molecule is Cc1cc(C)n(CC(C)C)c(=O)c1C=O. The van der Waals surface area contributed by atoms with E-state index in [2.05, 4.69) is 0 Å². The maximum atomic E-state index is 11.9. The summed E-state index contributed by atoms with van der Waals surface area (Å²) >= 11 is 0. The standard InChI is InChI=1S/C12H17NO2/c1-8(2)6-13-10(4)5-9(3)11(7-14)12(13)15/h5,7-8H,6H2,1-4H3. The fourth-order valence-corrected chi connectivity index (χ4v) is 1.68.